The largest absolute Gasteiger partial charge is 0.379 e. The summed E-state index contributed by atoms with van der Waals surface area (Å²) in [6, 6.07) is 0. The van der Waals surface area contributed by atoms with E-state index in [0.717, 1.165) is 6.42 Å². The van der Waals surface area contributed by atoms with Crippen LogP contribution in [0, 0.1) is 0 Å². The van der Waals surface area contributed by atoms with E-state index in [1.54, 1.807) is 0 Å². The molecule has 0 aliphatic heterocycles. The Bertz CT molecular complexity index is 2550. The van der Waals surface area contributed by atoms with Crippen molar-refractivity contribution in [1.82, 2.24) is 58.5 Å². The average molecular weight is 1760 g/mol. The first-order valence-corrected chi connectivity index (χ1v) is 40.2. The average Bonchev–Trinajstić information content (AvgIpc) is 1.04. The molecule has 0 aromatic rings. The van der Waals surface area contributed by atoms with E-state index in [2.05, 4.69) is 58.5 Å². The maximum atomic E-state index is 12.0. The van der Waals surface area contributed by atoms with Crippen LogP contribution in [0.1, 0.15) is 13.3 Å². The predicted octanol–water partition coefficient (Wildman–Crippen LogP) is -9.44. The summed E-state index contributed by atoms with van der Waals surface area (Å²) in [7, 11) is 0. The lowest BCUT2D eigenvalue weighted by Gasteiger charge is -2.10. The van der Waals surface area contributed by atoms with E-state index in [-0.39, 0.29) is 275 Å². The van der Waals surface area contributed by atoms with Crippen molar-refractivity contribution in [2.24, 2.45) is 5.73 Å². The van der Waals surface area contributed by atoms with Gasteiger partial charge in [-0.2, -0.15) is 0 Å². The number of rotatable bonds is 95. The number of primary amides is 1. The second-order valence-corrected chi connectivity index (χ2v) is 24.3. The molecule has 0 atom stereocenters. The lowest BCUT2D eigenvalue weighted by Crippen LogP contribution is -2.34. The molecule has 0 aliphatic rings. The fourth-order valence-corrected chi connectivity index (χ4v) is 8.27. The van der Waals surface area contributed by atoms with E-state index in [0.29, 0.717) is 125 Å². The molecule has 48 heteroatoms. The molecular formula is C73H136N12O36. The molecule has 13 N–H and O–H groups in total. The molecule has 0 aliphatic carbocycles. The number of amides is 12. The molecule has 0 bridgehead atoms. The lowest BCUT2D eigenvalue weighted by molar-refractivity contribution is -0.132. The van der Waals surface area contributed by atoms with Gasteiger partial charge in [-0.3, -0.25) is 57.5 Å². The first-order valence-electron chi connectivity index (χ1n) is 40.2. The molecule has 0 spiro atoms. The summed E-state index contributed by atoms with van der Waals surface area (Å²) in [5.74, 6) is -5.11. The molecule has 0 aromatic heterocycles. The van der Waals surface area contributed by atoms with E-state index in [1.807, 2.05) is 6.92 Å². The Morgan fingerprint density at radius 1 is 0.149 bits per heavy atom. The molecule has 0 rings (SSSR count). The van der Waals surface area contributed by atoms with Crippen LogP contribution < -0.4 is 64.2 Å². The fraction of sp³-hybridized carbons (Fsp3) is 0.836. The number of hydrogen-bond acceptors (Lipinski definition) is 36. The van der Waals surface area contributed by atoms with Crippen LogP contribution in [-0.4, -0.2) is 460 Å². The van der Waals surface area contributed by atoms with Crippen molar-refractivity contribution >= 4 is 70.9 Å². The first-order chi connectivity index (χ1) is 59.1. The maximum Gasteiger partial charge on any atom is 0.246 e. The number of carbonyl (C=O) groups is 12. The number of ether oxygens (including phenoxy) is 24. The topological polar surface area (TPSA) is 585 Å². The van der Waals surface area contributed by atoms with Gasteiger partial charge in [0.05, 0.1) is 231 Å². The summed E-state index contributed by atoms with van der Waals surface area (Å²) < 4.78 is 128. The third-order valence-corrected chi connectivity index (χ3v) is 13.9. The van der Waals surface area contributed by atoms with Gasteiger partial charge in [-0.15, -0.1) is 0 Å². The monoisotopic (exact) mass is 1760 g/mol. The minimum absolute atomic E-state index is 0.222. The second-order valence-electron chi connectivity index (χ2n) is 24.3. The fourth-order valence-electron chi connectivity index (χ4n) is 8.27. The molecule has 0 unspecified atom stereocenters. The van der Waals surface area contributed by atoms with Crippen LogP contribution in [-0.2, 0) is 171 Å². The van der Waals surface area contributed by atoms with Gasteiger partial charge in [0, 0.05) is 78.6 Å². The van der Waals surface area contributed by atoms with E-state index in [4.69, 9.17) is 119 Å². The van der Waals surface area contributed by atoms with Crippen LogP contribution in [0.3, 0.4) is 0 Å². The van der Waals surface area contributed by atoms with Gasteiger partial charge in [-0.05, 0) is 6.42 Å². The molecule has 0 aromatic carbocycles. The second kappa shape index (κ2) is 91.9. The number of hydrogen-bond donors (Lipinski definition) is 12. The summed E-state index contributed by atoms with van der Waals surface area (Å²) >= 11 is 0. The Hall–Kier alpha value is -7.32. The minimum Gasteiger partial charge on any atom is -0.379 e. The van der Waals surface area contributed by atoms with E-state index < -0.39 is 59.1 Å². The molecule has 12 amide bonds. The summed E-state index contributed by atoms with van der Waals surface area (Å²) in [6.45, 7) is 12.3. The van der Waals surface area contributed by atoms with Crippen LogP contribution in [0.15, 0.2) is 0 Å². The summed E-state index contributed by atoms with van der Waals surface area (Å²) in [6.07, 6.45) is 0.963. The lowest BCUT2D eigenvalue weighted by atomic mass is 10.5. The van der Waals surface area contributed by atoms with Crippen molar-refractivity contribution in [3.05, 3.63) is 0 Å². The van der Waals surface area contributed by atoms with Crippen LogP contribution in [0.5, 0.6) is 0 Å². The van der Waals surface area contributed by atoms with Gasteiger partial charge in [-0.1, -0.05) is 6.92 Å². The van der Waals surface area contributed by atoms with Crippen molar-refractivity contribution in [2.45, 2.75) is 13.3 Å². The molecule has 0 radical (unpaired) electrons. The minimum atomic E-state index is -0.660. The van der Waals surface area contributed by atoms with Crippen molar-refractivity contribution in [3.8, 4) is 0 Å². The van der Waals surface area contributed by atoms with Crippen molar-refractivity contribution in [1.29, 1.82) is 0 Å². The molecule has 121 heavy (non-hydrogen) atoms. The predicted molar refractivity (Wildman–Crippen MR) is 422 cm³/mol. The van der Waals surface area contributed by atoms with Crippen LogP contribution in [0.2, 0.25) is 0 Å². The van der Waals surface area contributed by atoms with Gasteiger partial charge in [-0.25, -0.2) is 0 Å². The Balaban J connectivity index is 3.43. The quantitative estimate of drug-likeness (QED) is 0.0252. The van der Waals surface area contributed by atoms with Crippen molar-refractivity contribution in [3.63, 3.8) is 0 Å². The molecule has 0 heterocycles. The van der Waals surface area contributed by atoms with Crippen molar-refractivity contribution < 1.29 is 171 Å². The van der Waals surface area contributed by atoms with E-state index in [1.165, 1.54) is 0 Å². The van der Waals surface area contributed by atoms with Gasteiger partial charge >= 0.3 is 0 Å². The molecule has 0 saturated carbocycles. The first kappa shape index (κ1) is 114. The summed E-state index contributed by atoms with van der Waals surface area (Å²) in [5, 5.41) is 28.8. The Kier molecular flexibility index (Phi) is 86.3. The van der Waals surface area contributed by atoms with E-state index >= 15 is 0 Å². The summed E-state index contributed by atoms with van der Waals surface area (Å²) in [5.41, 5.74) is 4.92. The van der Waals surface area contributed by atoms with Gasteiger partial charge in [0.25, 0.3) is 0 Å². The Morgan fingerprint density at radius 3 is 0.355 bits per heavy atom. The highest BCUT2D eigenvalue weighted by Gasteiger charge is 2.13. The number of carbonyl (C=O) groups excluding carboxylic acids is 12. The molecule has 0 saturated heterocycles. The number of nitrogens with one attached hydrogen (secondary N) is 11. The van der Waals surface area contributed by atoms with Crippen LogP contribution >= 0.6 is 0 Å². The highest BCUT2D eigenvalue weighted by molar-refractivity contribution is 5.82. The number of nitrogens with two attached hydrogens (primary N) is 1. The zero-order valence-electron chi connectivity index (χ0n) is 70.2. The maximum absolute atomic E-state index is 12.0. The third-order valence-electron chi connectivity index (χ3n) is 13.9. The van der Waals surface area contributed by atoms with Gasteiger partial charge in [0.15, 0.2) is 0 Å². The Labute approximate surface area is 706 Å². The zero-order valence-corrected chi connectivity index (χ0v) is 70.2. The molecular weight excluding hydrogens is 1620 g/mol. The van der Waals surface area contributed by atoms with E-state index in [9.17, 15) is 57.5 Å². The van der Waals surface area contributed by atoms with Gasteiger partial charge < -0.3 is 178 Å². The highest BCUT2D eigenvalue weighted by Crippen LogP contribution is 1.92. The summed E-state index contributed by atoms with van der Waals surface area (Å²) in [4.78, 5) is 142. The smallest absolute Gasteiger partial charge is 0.246 e. The van der Waals surface area contributed by atoms with Crippen LogP contribution in [0.25, 0.3) is 0 Å². The molecule has 0 fully saturated rings. The standard InChI is InChI=1S/C73H136N12O36/c1-2-14-98-26-38-110-39-27-100-16-4-76-64(88)52-117-53-65(89)78-6-18-102-30-42-112-43-31-104-20-8-80-68(92)56-119-57-69(93)82-10-22-106-34-46-114-47-35-108-24-12-84-72(96)60-121-61-73(97)85-13-25-109-37-49-115-48-36-107-23-11-83-71(95)59-120-58-70(94)81-9-21-105-33-45-113-44-32-103-19-7-79-67(91)55-118-54-66(90)77-5-17-101-29-41-111-40-28-99-15-3-75-63(87)51-116-50-62(74)86/h2-61H2,1H3,(H2,74,86)(H,75,87)(H,76,88)(H,77,90)(H,78,89)(H,79,91)(H,80,92)(H,81,94)(H,82,93)(H,83,95)(H,84,96)(H,85,97). The third kappa shape index (κ3) is 93.2. The van der Waals surface area contributed by atoms with Gasteiger partial charge in [0.2, 0.25) is 70.9 Å². The molecule has 48 nitrogen and oxygen atoms in total. The SMILES string of the molecule is CCCOCCOCCOCCNC(=O)COCC(=O)NCCOCCOCCOCCNC(=O)COCC(=O)NCCOCCOCCOCCNC(=O)COCC(=O)NCCOCCOCCOCCNC(=O)COCC(=O)NCCOCCOCCOCCNC(=O)COCC(=O)NCCOCCOCCOCCNC(=O)COCC(N)=O. The zero-order chi connectivity index (χ0) is 88.1. The van der Waals surface area contributed by atoms with Crippen LogP contribution in [0.4, 0.5) is 0 Å². The Morgan fingerprint density at radius 2 is 0.248 bits per heavy atom. The highest BCUT2D eigenvalue weighted by atomic mass is 16.6. The molecule has 704 valence electrons. The van der Waals surface area contributed by atoms with Crippen molar-refractivity contribution in [2.75, 3.05) is 389 Å². The normalized spacial score (nSPS) is 11.1. The van der Waals surface area contributed by atoms with Gasteiger partial charge in [0.1, 0.15) is 79.3 Å².